The Balaban J connectivity index is 1.82. The van der Waals surface area contributed by atoms with Gasteiger partial charge in [-0.3, -0.25) is 4.79 Å². The summed E-state index contributed by atoms with van der Waals surface area (Å²) in [6.07, 6.45) is 3.19. The maximum Gasteiger partial charge on any atom is 0.264 e. The van der Waals surface area contributed by atoms with Gasteiger partial charge in [0.1, 0.15) is 5.75 Å². The van der Waals surface area contributed by atoms with E-state index in [1.807, 2.05) is 35.2 Å². The van der Waals surface area contributed by atoms with Gasteiger partial charge in [0.15, 0.2) is 0 Å². The third-order valence-electron chi connectivity index (χ3n) is 4.80. The van der Waals surface area contributed by atoms with E-state index in [1.54, 1.807) is 18.4 Å². The Labute approximate surface area is 159 Å². The molecule has 0 N–H and O–H groups in total. The van der Waals surface area contributed by atoms with E-state index >= 15 is 0 Å². The molecule has 1 aliphatic rings. The number of methoxy groups -OCH3 is 1. The third-order valence-corrected chi connectivity index (χ3v) is 6.16. The first-order valence-corrected chi connectivity index (χ1v) is 10.1. The van der Waals surface area contributed by atoms with Gasteiger partial charge in [-0.1, -0.05) is 19.1 Å². The normalized spacial score (nSPS) is 16.7. The van der Waals surface area contributed by atoms with Crippen LogP contribution in [0.5, 0.6) is 5.75 Å². The van der Waals surface area contributed by atoms with Crippen LogP contribution in [-0.4, -0.2) is 37.2 Å². The van der Waals surface area contributed by atoms with Crippen LogP contribution in [0.4, 0.5) is 0 Å². The number of ether oxygens (including phenoxy) is 2. The highest BCUT2D eigenvalue weighted by Crippen LogP contribution is 2.26. The number of carbonyl (C=O) groups excluding carboxylic acids is 1. The smallest absolute Gasteiger partial charge is 0.264 e. The molecule has 0 saturated carbocycles. The van der Waals surface area contributed by atoms with E-state index in [2.05, 4.69) is 13.8 Å². The van der Waals surface area contributed by atoms with Gasteiger partial charge in [-0.25, -0.2) is 0 Å². The number of hydrogen-bond acceptors (Lipinski definition) is 4. The molecule has 140 valence electrons. The SMILES string of the molecule is CCc1sc(C(=O)N(Cc2cccc(OC)c2)C[C@@H]2CCCO2)cc1C. The van der Waals surface area contributed by atoms with Gasteiger partial charge in [0, 0.05) is 24.6 Å². The average Bonchev–Trinajstić information content (AvgIpc) is 3.30. The van der Waals surface area contributed by atoms with Gasteiger partial charge in [-0.05, 0) is 55.5 Å². The Morgan fingerprint density at radius 3 is 2.88 bits per heavy atom. The lowest BCUT2D eigenvalue weighted by atomic mass is 10.1. The predicted molar refractivity (Wildman–Crippen MR) is 105 cm³/mol. The molecule has 1 fully saturated rings. The van der Waals surface area contributed by atoms with Crippen molar-refractivity contribution in [3.63, 3.8) is 0 Å². The molecular weight excluding hydrogens is 346 g/mol. The molecule has 0 unspecified atom stereocenters. The summed E-state index contributed by atoms with van der Waals surface area (Å²) < 4.78 is 11.1. The summed E-state index contributed by atoms with van der Waals surface area (Å²) >= 11 is 1.62. The van der Waals surface area contributed by atoms with E-state index in [4.69, 9.17) is 9.47 Å². The van der Waals surface area contributed by atoms with Crippen molar-refractivity contribution in [1.82, 2.24) is 4.90 Å². The first kappa shape index (κ1) is 18.9. The lowest BCUT2D eigenvalue weighted by Gasteiger charge is -2.25. The highest BCUT2D eigenvalue weighted by atomic mass is 32.1. The summed E-state index contributed by atoms with van der Waals surface area (Å²) in [5.41, 5.74) is 2.28. The fraction of sp³-hybridized carbons (Fsp3) is 0.476. The highest BCUT2D eigenvalue weighted by Gasteiger charge is 2.25. The van der Waals surface area contributed by atoms with Crippen molar-refractivity contribution in [2.75, 3.05) is 20.3 Å². The number of hydrogen-bond donors (Lipinski definition) is 0. The number of nitrogens with zero attached hydrogens (tertiary/aromatic N) is 1. The summed E-state index contributed by atoms with van der Waals surface area (Å²) in [6, 6.07) is 9.95. The van der Waals surface area contributed by atoms with E-state index in [9.17, 15) is 4.79 Å². The topological polar surface area (TPSA) is 38.8 Å². The largest absolute Gasteiger partial charge is 0.497 e. The van der Waals surface area contributed by atoms with Crippen LogP contribution in [0.1, 0.15) is 45.4 Å². The minimum Gasteiger partial charge on any atom is -0.497 e. The molecule has 1 aromatic heterocycles. The Hall–Kier alpha value is -1.85. The number of amides is 1. The number of aryl methyl sites for hydroxylation is 2. The summed E-state index contributed by atoms with van der Waals surface area (Å²) in [5, 5.41) is 0. The molecule has 2 heterocycles. The van der Waals surface area contributed by atoms with E-state index in [0.717, 1.165) is 42.1 Å². The fourth-order valence-corrected chi connectivity index (χ4v) is 4.46. The monoisotopic (exact) mass is 373 g/mol. The van der Waals surface area contributed by atoms with Crippen LogP contribution in [0.3, 0.4) is 0 Å². The molecule has 5 heteroatoms. The van der Waals surface area contributed by atoms with Gasteiger partial charge in [0.2, 0.25) is 0 Å². The Morgan fingerprint density at radius 2 is 2.23 bits per heavy atom. The molecule has 1 atom stereocenters. The van der Waals surface area contributed by atoms with Crippen molar-refractivity contribution in [1.29, 1.82) is 0 Å². The summed E-state index contributed by atoms with van der Waals surface area (Å²) in [6.45, 7) is 6.21. The van der Waals surface area contributed by atoms with E-state index in [0.29, 0.717) is 13.1 Å². The second-order valence-corrected chi connectivity index (χ2v) is 7.88. The van der Waals surface area contributed by atoms with Gasteiger partial charge in [-0.2, -0.15) is 0 Å². The van der Waals surface area contributed by atoms with E-state index < -0.39 is 0 Å². The minimum atomic E-state index is 0.0936. The van der Waals surface area contributed by atoms with Crippen molar-refractivity contribution in [3.05, 3.63) is 51.2 Å². The number of thiophene rings is 1. The quantitative estimate of drug-likeness (QED) is 0.720. The van der Waals surface area contributed by atoms with Gasteiger partial charge in [0.05, 0.1) is 18.1 Å². The fourth-order valence-electron chi connectivity index (χ4n) is 3.38. The maximum atomic E-state index is 13.2. The summed E-state index contributed by atoms with van der Waals surface area (Å²) in [4.78, 5) is 17.3. The lowest BCUT2D eigenvalue weighted by molar-refractivity contribution is 0.0510. The Bertz CT molecular complexity index is 749. The molecule has 2 aromatic rings. The van der Waals surface area contributed by atoms with Crippen LogP contribution >= 0.6 is 11.3 Å². The van der Waals surface area contributed by atoms with Crippen LogP contribution in [0.25, 0.3) is 0 Å². The van der Waals surface area contributed by atoms with Crippen LogP contribution < -0.4 is 4.74 Å². The van der Waals surface area contributed by atoms with Crippen LogP contribution in [0, 0.1) is 6.92 Å². The van der Waals surface area contributed by atoms with Crippen molar-refractivity contribution in [3.8, 4) is 5.75 Å². The third kappa shape index (κ3) is 4.46. The average molecular weight is 374 g/mol. The molecule has 1 saturated heterocycles. The summed E-state index contributed by atoms with van der Waals surface area (Å²) in [5.74, 6) is 0.906. The maximum absolute atomic E-state index is 13.2. The highest BCUT2D eigenvalue weighted by molar-refractivity contribution is 7.14. The van der Waals surface area contributed by atoms with Crippen molar-refractivity contribution < 1.29 is 14.3 Å². The molecule has 26 heavy (non-hydrogen) atoms. The number of carbonyl (C=O) groups is 1. The van der Waals surface area contributed by atoms with Crippen LogP contribution in [0.15, 0.2) is 30.3 Å². The lowest BCUT2D eigenvalue weighted by Crippen LogP contribution is -2.36. The number of rotatable bonds is 7. The van der Waals surface area contributed by atoms with Gasteiger partial charge >= 0.3 is 0 Å². The van der Waals surface area contributed by atoms with Crippen LogP contribution in [0.2, 0.25) is 0 Å². The first-order valence-electron chi connectivity index (χ1n) is 9.23. The molecular formula is C21H27NO3S. The Morgan fingerprint density at radius 1 is 1.38 bits per heavy atom. The zero-order valence-electron chi connectivity index (χ0n) is 15.8. The van der Waals surface area contributed by atoms with Crippen molar-refractivity contribution in [2.24, 2.45) is 0 Å². The summed E-state index contributed by atoms with van der Waals surface area (Å²) in [7, 11) is 1.66. The van der Waals surface area contributed by atoms with Crippen molar-refractivity contribution in [2.45, 2.75) is 45.8 Å². The molecule has 1 aliphatic heterocycles. The molecule has 0 radical (unpaired) electrons. The molecule has 3 rings (SSSR count). The molecule has 4 nitrogen and oxygen atoms in total. The molecule has 1 amide bonds. The van der Waals surface area contributed by atoms with Crippen LogP contribution in [-0.2, 0) is 17.7 Å². The Kier molecular flexibility index (Phi) is 6.33. The standard InChI is InChI=1S/C21H27NO3S/c1-4-19-15(2)11-20(26-19)21(23)22(14-18-9-6-10-25-18)13-16-7-5-8-17(12-16)24-3/h5,7-8,11-12,18H,4,6,9-10,13-14H2,1-3H3/t18-/m0/s1. The molecule has 0 aliphatic carbocycles. The zero-order valence-corrected chi connectivity index (χ0v) is 16.6. The van der Waals surface area contributed by atoms with E-state index in [-0.39, 0.29) is 12.0 Å². The van der Waals surface area contributed by atoms with Gasteiger partial charge in [0.25, 0.3) is 5.91 Å². The van der Waals surface area contributed by atoms with Crippen molar-refractivity contribution >= 4 is 17.2 Å². The minimum absolute atomic E-state index is 0.0936. The van der Waals surface area contributed by atoms with Gasteiger partial charge in [-0.15, -0.1) is 11.3 Å². The second kappa shape index (κ2) is 8.69. The number of benzene rings is 1. The molecule has 1 aromatic carbocycles. The van der Waals surface area contributed by atoms with Gasteiger partial charge < -0.3 is 14.4 Å². The first-order chi connectivity index (χ1) is 12.6. The zero-order chi connectivity index (χ0) is 18.5. The molecule has 0 bridgehead atoms. The molecule has 0 spiro atoms. The van der Waals surface area contributed by atoms with E-state index in [1.165, 1.54) is 10.4 Å². The second-order valence-electron chi connectivity index (χ2n) is 6.74. The predicted octanol–water partition coefficient (Wildman–Crippen LogP) is 4.45.